The summed E-state index contributed by atoms with van der Waals surface area (Å²) in [5.41, 5.74) is 5.18. The highest BCUT2D eigenvalue weighted by molar-refractivity contribution is 6.13. The number of hydrogen-bond donors (Lipinski definition) is 0. The van der Waals surface area contributed by atoms with Crippen molar-refractivity contribution in [1.29, 1.82) is 0 Å². The first kappa shape index (κ1) is 15.3. The zero-order valence-corrected chi connectivity index (χ0v) is 14.0. The Balaban J connectivity index is 2.51. The minimum atomic E-state index is 0.697. The van der Waals surface area contributed by atoms with Crippen molar-refractivity contribution in [3.63, 3.8) is 0 Å². The molecular weight excluding hydrogens is 286 g/mol. The monoisotopic (exact) mass is 307 g/mol. The average molecular weight is 307 g/mol. The molecule has 0 amide bonds. The van der Waals surface area contributed by atoms with Gasteiger partial charge in [-0.2, -0.15) is 0 Å². The van der Waals surface area contributed by atoms with E-state index in [0.717, 1.165) is 45.8 Å². The number of nitrogens with zero attached hydrogens (tertiary/aromatic N) is 1. The highest BCUT2D eigenvalue weighted by Gasteiger charge is 2.18. The van der Waals surface area contributed by atoms with Crippen molar-refractivity contribution in [3.8, 4) is 5.75 Å². The van der Waals surface area contributed by atoms with E-state index in [9.17, 15) is 4.79 Å². The molecule has 0 aliphatic heterocycles. The Morgan fingerprint density at radius 1 is 1.26 bits per heavy atom. The minimum absolute atomic E-state index is 0.697. The molecule has 0 radical (unpaired) electrons. The number of aldehydes is 1. The molecule has 3 aromatic rings. The van der Waals surface area contributed by atoms with Crippen molar-refractivity contribution in [1.82, 2.24) is 4.57 Å². The van der Waals surface area contributed by atoms with Crippen molar-refractivity contribution in [3.05, 3.63) is 53.1 Å². The van der Waals surface area contributed by atoms with Gasteiger partial charge in [0.05, 0.1) is 12.6 Å². The topological polar surface area (TPSA) is 31.2 Å². The molecule has 0 aliphatic rings. The summed E-state index contributed by atoms with van der Waals surface area (Å²) in [6.45, 7) is 4.15. The van der Waals surface area contributed by atoms with Gasteiger partial charge in [-0.05, 0) is 38.0 Å². The molecule has 0 fully saturated rings. The van der Waals surface area contributed by atoms with E-state index in [1.807, 2.05) is 25.2 Å². The molecule has 0 saturated heterocycles. The summed E-state index contributed by atoms with van der Waals surface area (Å²) in [5.74, 6) is 0.738. The van der Waals surface area contributed by atoms with Gasteiger partial charge in [-0.3, -0.25) is 4.79 Å². The van der Waals surface area contributed by atoms with Crippen molar-refractivity contribution < 1.29 is 9.53 Å². The summed E-state index contributed by atoms with van der Waals surface area (Å²) in [6, 6.07) is 10.1. The van der Waals surface area contributed by atoms with Crippen LogP contribution in [0.4, 0.5) is 0 Å². The van der Waals surface area contributed by atoms with E-state index in [0.29, 0.717) is 5.56 Å². The van der Waals surface area contributed by atoms with E-state index in [4.69, 9.17) is 4.74 Å². The van der Waals surface area contributed by atoms with Gasteiger partial charge >= 0.3 is 0 Å². The lowest BCUT2D eigenvalue weighted by atomic mass is 9.97. The molecule has 1 heterocycles. The van der Waals surface area contributed by atoms with Crippen LogP contribution in [0.1, 0.15) is 29.8 Å². The van der Waals surface area contributed by atoms with Gasteiger partial charge < -0.3 is 9.30 Å². The van der Waals surface area contributed by atoms with Crippen molar-refractivity contribution in [2.24, 2.45) is 7.05 Å². The fraction of sp³-hybridized carbons (Fsp3) is 0.250. The SMILES string of the molecule is COc1cc(C=O)c(CC=C(C)C)c2c3ccccc3n(C)c12. The Labute approximate surface area is 136 Å². The molecule has 1 aromatic heterocycles. The molecule has 0 unspecified atom stereocenters. The van der Waals surface area contributed by atoms with Gasteiger partial charge in [-0.1, -0.05) is 29.8 Å². The molecule has 0 aliphatic carbocycles. The van der Waals surface area contributed by atoms with Crippen LogP contribution in [0.2, 0.25) is 0 Å². The summed E-state index contributed by atoms with van der Waals surface area (Å²) in [4.78, 5) is 11.6. The normalized spacial score (nSPS) is 11.0. The average Bonchev–Trinajstić information content (AvgIpc) is 2.86. The third-order valence-corrected chi connectivity index (χ3v) is 4.34. The van der Waals surface area contributed by atoms with Crippen LogP contribution >= 0.6 is 0 Å². The van der Waals surface area contributed by atoms with Crippen LogP contribution in [0.15, 0.2) is 42.0 Å². The van der Waals surface area contributed by atoms with E-state index in [-0.39, 0.29) is 0 Å². The van der Waals surface area contributed by atoms with E-state index in [1.54, 1.807) is 7.11 Å². The lowest BCUT2D eigenvalue weighted by molar-refractivity contribution is 0.112. The number of rotatable bonds is 4. The maximum atomic E-state index is 11.6. The third kappa shape index (κ3) is 2.42. The molecule has 118 valence electrons. The summed E-state index contributed by atoms with van der Waals surface area (Å²) in [6.07, 6.45) is 3.83. The molecule has 0 atom stereocenters. The second-order valence-corrected chi connectivity index (χ2v) is 6.05. The number of fused-ring (bicyclic) bond motifs is 3. The molecule has 0 bridgehead atoms. The van der Waals surface area contributed by atoms with Crippen LogP contribution < -0.4 is 4.74 Å². The van der Waals surface area contributed by atoms with Crippen molar-refractivity contribution in [2.45, 2.75) is 20.3 Å². The first-order valence-corrected chi connectivity index (χ1v) is 7.74. The standard InChI is InChI=1S/C20H21NO2/c1-13(2)9-10-15-14(12-22)11-18(23-4)20-19(15)16-7-5-6-8-17(16)21(20)3/h5-9,11-12H,10H2,1-4H3. The van der Waals surface area contributed by atoms with Crippen LogP contribution in [0.5, 0.6) is 5.75 Å². The number of benzene rings is 2. The second-order valence-electron chi connectivity index (χ2n) is 6.05. The lowest BCUT2D eigenvalue weighted by Crippen LogP contribution is -1.98. The van der Waals surface area contributed by atoms with E-state index in [2.05, 4.69) is 36.6 Å². The fourth-order valence-electron chi connectivity index (χ4n) is 3.22. The highest BCUT2D eigenvalue weighted by Crippen LogP contribution is 2.38. The first-order chi connectivity index (χ1) is 11.1. The van der Waals surface area contributed by atoms with Gasteiger partial charge in [0, 0.05) is 28.9 Å². The Kier molecular flexibility index (Phi) is 3.95. The Bertz CT molecular complexity index is 928. The van der Waals surface area contributed by atoms with Crippen LogP contribution in [-0.2, 0) is 13.5 Å². The van der Waals surface area contributed by atoms with Gasteiger partial charge in [0.2, 0.25) is 0 Å². The number of carbonyl (C=O) groups excluding carboxylic acids is 1. The molecule has 3 heteroatoms. The van der Waals surface area contributed by atoms with Gasteiger partial charge in [0.1, 0.15) is 12.0 Å². The molecule has 2 aromatic carbocycles. The number of carbonyl (C=O) groups is 1. The lowest BCUT2D eigenvalue weighted by Gasteiger charge is -2.11. The maximum absolute atomic E-state index is 11.6. The van der Waals surface area contributed by atoms with Gasteiger partial charge in [0.25, 0.3) is 0 Å². The number of para-hydroxylation sites is 1. The molecule has 3 rings (SSSR count). The summed E-state index contributed by atoms with van der Waals surface area (Å²) in [7, 11) is 3.69. The fourth-order valence-corrected chi connectivity index (χ4v) is 3.22. The predicted octanol–water partition coefficient (Wildman–Crippen LogP) is 4.66. The first-order valence-electron chi connectivity index (χ1n) is 7.74. The molecular formula is C20H21NO2. The largest absolute Gasteiger partial charge is 0.495 e. The van der Waals surface area contributed by atoms with Crippen molar-refractivity contribution in [2.75, 3.05) is 7.11 Å². The number of hydrogen-bond acceptors (Lipinski definition) is 2. The highest BCUT2D eigenvalue weighted by atomic mass is 16.5. The zero-order valence-electron chi connectivity index (χ0n) is 14.0. The molecule has 3 nitrogen and oxygen atoms in total. The third-order valence-electron chi connectivity index (χ3n) is 4.34. The van der Waals surface area contributed by atoms with Crippen LogP contribution in [-0.4, -0.2) is 18.0 Å². The summed E-state index contributed by atoms with van der Waals surface area (Å²) >= 11 is 0. The maximum Gasteiger partial charge on any atom is 0.150 e. The van der Waals surface area contributed by atoms with E-state index in [1.165, 1.54) is 5.57 Å². The zero-order chi connectivity index (χ0) is 16.6. The summed E-state index contributed by atoms with van der Waals surface area (Å²) < 4.78 is 7.71. The molecule has 0 N–H and O–H groups in total. The van der Waals surface area contributed by atoms with Crippen molar-refractivity contribution >= 4 is 28.1 Å². The molecule has 23 heavy (non-hydrogen) atoms. The van der Waals surface area contributed by atoms with Gasteiger partial charge in [-0.25, -0.2) is 0 Å². The number of methoxy groups -OCH3 is 1. The van der Waals surface area contributed by atoms with Crippen LogP contribution in [0, 0.1) is 0 Å². The van der Waals surface area contributed by atoms with E-state index < -0.39 is 0 Å². The molecule has 0 spiro atoms. The van der Waals surface area contributed by atoms with Gasteiger partial charge in [-0.15, -0.1) is 0 Å². The minimum Gasteiger partial charge on any atom is -0.495 e. The molecule has 0 saturated carbocycles. The summed E-state index contributed by atoms with van der Waals surface area (Å²) in [5, 5.41) is 2.27. The van der Waals surface area contributed by atoms with Crippen LogP contribution in [0.3, 0.4) is 0 Å². The Hall–Kier alpha value is -2.55. The quantitative estimate of drug-likeness (QED) is 0.518. The van der Waals surface area contributed by atoms with Crippen LogP contribution in [0.25, 0.3) is 21.8 Å². The second kappa shape index (κ2) is 5.92. The van der Waals surface area contributed by atoms with E-state index >= 15 is 0 Å². The number of aromatic nitrogens is 1. The predicted molar refractivity (Wildman–Crippen MR) is 95.5 cm³/mol. The Morgan fingerprint density at radius 2 is 2.00 bits per heavy atom. The number of ether oxygens (including phenoxy) is 1. The smallest absolute Gasteiger partial charge is 0.150 e. The number of allylic oxidation sites excluding steroid dienone is 2. The Morgan fingerprint density at radius 3 is 2.65 bits per heavy atom. The van der Waals surface area contributed by atoms with Gasteiger partial charge in [0.15, 0.2) is 0 Å². The number of aryl methyl sites for hydroxylation is 1.